The number of carbonyl (C=O) groups excluding carboxylic acids is 1. The van der Waals surface area contributed by atoms with E-state index < -0.39 is 5.54 Å². The predicted octanol–water partition coefficient (Wildman–Crippen LogP) is 1.58. The van der Waals surface area contributed by atoms with Crippen molar-refractivity contribution >= 4 is 5.97 Å². The first kappa shape index (κ1) is 13.1. The lowest BCUT2D eigenvalue weighted by Crippen LogP contribution is -2.62. The van der Waals surface area contributed by atoms with E-state index >= 15 is 0 Å². The number of terminal acetylenes is 1. The Labute approximate surface area is 97.9 Å². The van der Waals surface area contributed by atoms with E-state index in [1.807, 2.05) is 6.92 Å². The van der Waals surface area contributed by atoms with Crippen LogP contribution in [0, 0.1) is 24.2 Å². The molecule has 1 aliphatic rings. The van der Waals surface area contributed by atoms with E-state index in [1.165, 1.54) is 0 Å². The molecular formula is C13H21NO2. The summed E-state index contributed by atoms with van der Waals surface area (Å²) in [6.45, 7) is 7.03. The van der Waals surface area contributed by atoms with Crippen molar-refractivity contribution in [3.63, 3.8) is 0 Å². The Morgan fingerprint density at radius 2 is 2.25 bits per heavy atom. The molecule has 3 nitrogen and oxygen atoms in total. The van der Waals surface area contributed by atoms with Crippen LogP contribution in [0.25, 0.3) is 0 Å². The van der Waals surface area contributed by atoms with Gasteiger partial charge in [-0.1, -0.05) is 19.8 Å². The van der Waals surface area contributed by atoms with E-state index in [0.29, 0.717) is 25.0 Å². The minimum atomic E-state index is -0.517. The van der Waals surface area contributed by atoms with Gasteiger partial charge in [0.05, 0.1) is 13.2 Å². The van der Waals surface area contributed by atoms with Gasteiger partial charge in [-0.15, -0.1) is 6.42 Å². The van der Waals surface area contributed by atoms with Gasteiger partial charge in [0.2, 0.25) is 0 Å². The second kappa shape index (κ2) is 5.36. The molecule has 1 N–H and O–H groups in total. The lowest BCUT2D eigenvalue weighted by molar-refractivity contribution is -0.158. The van der Waals surface area contributed by atoms with E-state index in [4.69, 9.17) is 11.2 Å². The molecule has 1 aliphatic carbocycles. The van der Waals surface area contributed by atoms with Crippen LogP contribution in [0.2, 0.25) is 0 Å². The Morgan fingerprint density at radius 3 is 2.69 bits per heavy atom. The number of carbonyl (C=O) groups is 1. The van der Waals surface area contributed by atoms with Crippen molar-refractivity contribution in [3.8, 4) is 12.3 Å². The highest BCUT2D eigenvalue weighted by Gasteiger charge is 2.51. The van der Waals surface area contributed by atoms with Gasteiger partial charge in [-0.3, -0.25) is 10.1 Å². The highest BCUT2D eigenvalue weighted by Crippen LogP contribution is 2.42. The summed E-state index contributed by atoms with van der Waals surface area (Å²) >= 11 is 0. The lowest BCUT2D eigenvalue weighted by atomic mass is 9.64. The molecule has 0 unspecified atom stereocenters. The van der Waals surface area contributed by atoms with Crippen molar-refractivity contribution in [1.82, 2.24) is 5.32 Å². The summed E-state index contributed by atoms with van der Waals surface area (Å²) in [6, 6.07) is 0. The zero-order chi connectivity index (χ0) is 12.2. The fourth-order valence-electron chi connectivity index (χ4n) is 2.18. The van der Waals surface area contributed by atoms with Gasteiger partial charge in [0.25, 0.3) is 0 Å². The summed E-state index contributed by atoms with van der Waals surface area (Å²) in [6.07, 6.45) is 6.90. The predicted molar refractivity (Wildman–Crippen MR) is 63.8 cm³/mol. The Hall–Kier alpha value is -1.01. The Balaban J connectivity index is 2.60. The van der Waals surface area contributed by atoms with Crippen molar-refractivity contribution in [1.29, 1.82) is 0 Å². The van der Waals surface area contributed by atoms with Crippen LogP contribution in [0.5, 0.6) is 0 Å². The Morgan fingerprint density at radius 1 is 1.62 bits per heavy atom. The molecule has 0 heterocycles. The van der Waals surface area contributed by atoms with Gasteiger partial charge in [-0.05, 0) is 31.6 Å². The topological polar surface area (TPSA) is 38.3 Å². The molecular weight excluding hydrogens is 202 g/mol. The Bertz CT molecular complexity index is 285. The molecule has 0 bridgehead atoms. The van der Waals surface area contributed by atoms with Gasteiger partial charge in [-0.25, -0.2) is 0 Å². The molecule has 0 aromatic carbocycles. The van der Waals surface area contributed by atoms with Gasteiger partial charge < -0.3 is 4.74 Å². The number of nitrogens with one attached hydrogen (secondary N) is 1. The largest absolute Gasteiger partial charge is 0.465 e. The van der Waals surface area contributed by atoms with Crippen molar-refractivity contribution in [3.05, 3.63) is 0 Å². The van der Waals surface area contributed by atoms with Crippen molar-refractivity contribution < 1.29 is 9.53 Å². The Kier molecular flexibility index (Phi) is 4.37. The van der Waals surface area contributed by atoms with E-state index in [1.54, 1.807) is 0 Å². The number of hydrogen-bond acceptors (Lipinski definition) is 3. The first-order chi connectivity index (χ1) is 7.55. The quantitative estimate of drug-likeness (QED) is 0.568. The van der Waals surface area contributed by atoms with Crippen LogP contribution in [0.4, 0.5) is 0 Å². The van der Waals surface area contributed by atoms with E-state index in [9.17, 15) is 4.79 Å². The minimum absolute atomic E-state index is 0.151. The maximum absolute atomic E-state index is 11.9. The second-order valence-electron chi connectivity index (χ2n) is 4.77. The molecule has 16 heavy (non-hydrogen) atoms. The van der Waals surface area contributed by atoms with Crippen molar-refractivity contribution in [2.24, 2.45) is 11.8 Å². The molecule has 0 spiro atoms. The summed E-state index contributed by atoms with van der Waals surface area (Å²) in [4.78, 5) is 11.9. The molecule has 1 saturated carbocycles. The fourth-order valence-corrected chi connectivity index (χ4v) is 2.18. The highest BCUT2D eigenvalue weighted by atomic mass is 16.5. The molecule has 90 valence electrons. The van der Waals surface area contributed by atoms with E-state index in [0.717, 1.165) is 12.8 Å². The maximum atomic E-state index is 11.9. The summed E-state index contributed by atoms with van der Waals surface area (Å²) in [5.41, 5.74) is -0.517. The third-order valence-corrected chi connectivity index (χ3v) is 3.36. The van der Waals surface area contributed by atoms with Crippen LogP contribution in [0.15, 0.2) is 0 Å². The second-order valence-corrected chi connectivity index (χ2v) is 4.77. The molecule has 1 fully saturated rings. The van der Waals surface area contributed by atoms with Gasteiger partial charge in [0.15, 0.2) is 0 Å². The monoisotopic (exact) mass is 223 g/mol. The van der Waals surface area contributed by atoms with Crippen LogP contribution in [-0.2, 0) is 9.53 Å². The summed E-state index contributed by atoms with van der Waals surface area (Å²) in [7, 11) is 0. The number of hydrogen-bond donors (Lipinski definition) is 1. The van der Waals surface area contributed by atoms with Crippen LogP contribution < -0.4 is 5.32 Å². The van der Waals surface area contributed by atoms with Crippen LogP contribution >= 0.6 is 0 Å². The third-order valence-electron chi connectivity index (χ3n) is 3.36. The average Bonchev–Trinajstić information content (AvgIpc) is 2.16. The smallest absolute Gasteiger partial charge is 0.326 e. The van der Waals surface area contributed by atoms with Crippen molar-refractivity contribution in [2.75, 3.05) is 13.2 Å². The zero-order valence-corrected chi connectivity index (χ0v) is 10.4. The molecule has 0 amide bonds. The summed E-state index contributed by atoms with van der Waals surface area (Å²) < 4.78 is 5.10. The van der Waals surface area contributed by atoms with Gasteiger partial charge >= 0.3 is 5.97 Å². The highest BCUT2D eigenvalue weighted by molar-refractivity contribution is 5.82. The van der Waals surface area contributed by atoms with Crippen molar-refractivity contribution in [2.45, 2.75) is 39.2 Å². The first-order valence-electron chi connectivity index (χ1n) is 5.91. The molecule has 1 rings (SSSR count). The SMILES string of the molecule is C#CCNC1(C(=O)OCC)CC(C(C)C)C1. The lowest BCUT2D eigenvalue weighted by Gasteiger charge is -2.47. The van der Waals surface area contributed by atoms with Gasteiger partial charge in [0.1, 0.15) is 5.54 Å². The summed E-state index contributed by atoms with van der Waals surface area (Å²) in [5.74, 6) is 3.56. The van der Waals surface area contributed by atoms with E-state index in [-0.39, 0.29) is 5.97 Å². The molecule has 0 aromatic rings. The standard InChI is InChI=1S/C13H21NO2/c1-5-7-14-13(12(15)16-6-2)8-11(9-13)10(3)4/h1,10-11,14H,6-9H2,2-4H3. The molecule has 3 heteroatoms. The minimum Gasteiger partial charge on any atom is -0.465 e. The molecule has 0 aromatic heterocycles. The molecule has 0 radical (unpaired) electrons. The fraction of sp³-hybridized carbons (Fsp3) is 0.769. The van der Waals surface area contributed by atoms with Crippen LogP contribution in [0.3, 0.4) is 0 Å². The van der Waals surface area contributed by atoms with Crippen LogP contribution in [-0.4, -0.2) is 24.7 Å². The van der Waals surface area contributed by atoms with Gasteiger partial charge in [-0.2, -0.15) is 0 Å². The normalized spacial score (nSPS) is 28.3. The number of rotatable bonds is 5. The maximum Gasteiger partial charge on any atom is 0.326 e. The zero-order valence-electron chi connectivity index (χ0n) is 10.4. The van der Waals surface area contributed by atoms with E-state index in [2.05, 4.69) is 25.1 Å². The van der Waals surface area contributed by atoms with Gasteiger partial charge in [0, 0.05) is 0 Å². The summed E-state index contributed by atoms with van der Waals surface area (Å²) in [5, 5.41) is 3.14. The first-order valence-corrected chi connectivity index (χ1v) is 5.91. The number of ether oxygens (including phenoxy) is 1. The van der Waals surface area contributed by atoms with Crippen LogP contribution in [0.1, 0.15) is 33.6 Å². The molecule has 0 aliphatic heterocycles. The molecule has 0 atom stereocenters. The third kappa shape index (κ3) is 2.56. The average molecular weight is 223 g/mol. The molecule has 0 saturated heterocycles. The number of esters is 1.